The molecule has 0 aromatic carbocycles. The van der Waals surface area contributed by atoms with Gasteiger partial charge in [-0.05, 0) is 27.5 Å². The first-order chi connectivity index (χ1) is 5.65. The van der Waals surface area contributed by atoms with Crippen LogP contribution in [0.3, 0.4) is 0 Å². The molecular formula is C5H3IN4O2. The largest absolute Gasteiger partial charge is 0.403 e. The molecule has 0 aliphatic rings. The van der Waals surface area contributed by atoms with Crippen LogP contribution in [0.4, 0.5) is 5.82 Å². The van der Waals surface area contributed by atoms with Crippen molar-refractivity contribution in [1.29, 1.82) is 5.26 Å². The summed E-state index contributed by atoms with van der Waals surface area (Å²) in [4.78, 5) is 9.71. The summed E-state index contributed by atoms with van der Waals surface area (Å²) < 4.78 is 1.67. The first kappa shape index (κ1) is 8.92. The third kappa shape index (κ3) is 1.70. The highest BCUT2D eigenvalue weighted by atomic mass is 127. The quantitative estimate of drug-likeness (QED) is 0.457. The Balaban J connectivity index is 3.02. The van der Waals surface area contributed by atoms with E-state index in [-0.39, 0.29) is 12.4 Å². The molecule has 0 bridgehead atoms. The molecule has 0 atom stereocenters. The van der Waals surface area contributed by atoms with Crippen LogP contribution in [0.5, 0.6) is 0 Å². The Morgan fingerprint density at radius 3 is 3.00 bits per heavy atom. The van der Waals surface area contributed by atoms with Gasteiger partial charge in [0.15, 0.2) is 0 Å². The number of aromatic nitrogens is 2. The van der Waals surface area contributed by atoms with Gasteiger partial charge in [-0.1, -0.05) is 0 Å². The minimum absolute atomic E-state index is 0.0316. The van der Waals surface area contributed by atoms with Crippen molar-refractivity contribution in [2.75, 3.05) is 0 Å². The summed E-state index contributed by atoms with van der Waals surface area (Å²) in [5.74, 6) is -0.203. The maximum Gasteiger partial charge on any atom is 0.403 e. The lowest BCUT2D eigenvalue weighted by molar-refractivity contribution is -0.390. The average Bonchev–Trinajstić information content (AvgIpc) is 2.32. The van der Waals surface area contributed by atoms with Gasteiger partial charge in [0.1, 0.15) is 10.1 Å². The molecule has 62 valence electrons. The molecular weight excluding hydrogens is 275 g/mol. The van der Waals surface area contributed by atoms with Gasteiger partial charge in [-0.15, -0.1) is 0 Å². The fourth-order valence-electron chi connectivity index (χ4n) is 0.664. The Bertz CT molecular complexity index is 353. The molecule has 0 N–H and O–H groups in total. The number of rotatable bonds is 2. The number of halogens is 1. The zero-order valence-corrected chi connectivity index (χ0v) is 7.93. The van der Waals surface area contributed by atoms with Crippen LogP contribution in [0.1, 0.15) is 0 Å². The van der Waals surface area contributed by atoms with E-state index in [0.29, 0.717) is 3.57 Å². The van der Waals surface area contributed by atoms with E-state index in [2.05, 4.69) is 5.10 Å². The molecule has 0 spiro atoms. The molecule has 0 amide bonds. The van der Waals surface area contributed by atoms with Crippen LogP contribution in [0.25, 0.3) is 0 Å². The van der Waals surface area contributed by atoms with Crippen molar-refractivity contribution in [3.8, 4) is 6.07 Å². The van der Waals surface area contributed by atoms with Gasteiger partial charge < -0.3 is 10.1 Å². The van der Waals surface area contributed by atoms with Crippen LogP contribution in [-0.4, -0.2) is 14.7 Å². The molecule has 1 rings (SSSR count). The number of nitrogens with zero attached hydrogens (tertiary/aromatic N) is 4. The molecule has 6 nitrogen and oxygen atoms in total. The smallest absolute Gasteiger partial charge is 0.358 e. The van der Waals surface area contributed by atoms with Crippen LogP contribution in [-0.2, 0) is 6.54 Å². The predicted molar refractivity (Wildman–Crippen MR) is 47.2 cm³/mol. The molecule has 0 aliphatic carbocycles. The summed E-state index contributed by atoms with van der Waals surface area (Å²) in [6.07, 6.45) is 1.46. The van der Waals surface area contributed by atoms with E-state index in [1.807, 2.05) is 6.07 Å². The number of nitro groups is 1. The van der Waals surface area contributed by atoms with E-state index in [1.54, 1.807) is 22.6 Å². The Hall–Kier alpha value is -1.17. The summed E-state index contributed by atoms with van der Waals surface area (Å²) >= 11 is 1.80. The second-order valence-corrected chi connectivity index (χ2v) is 3.08. The lowest BCUT2D eigenvalue weighted by Crippen LogP contribution is -1.97. The lowest BCUT2D eigenvalue weighted by atomic mass is 10.6. The minimum atomic E-state index is -0.574. The highest BCUT2D eigenvalue weighted by molar-refractivity contribution is 14.1. The van der Waals surface area contributed by atoms with Crippen LogP contribution in [0, 0.1) is 25.0 Å². The number of hydrogen-bond acceptors (Lipinski definition) is 4. The molecule has 12 heavy (non-hydrogen) atoms. The third-order valence-electron chi connectivity index (χ3n) is 1.10. The molecule has 0 unspecified atom stereocenters. The highest BCUT2D eigenvalue weighted by Gasteiger charge is 2.17. The van der Waals surface area contributed by atoms with E-state index in [0.717, 1.165) is 0 Å². The van der Waals surface area contributed by atoms with Crippen LogP contribution >= 0.6 is 22.6 Å². The standard InChI is InChI=1S/C5H3IN4O2/c6-4-3-9(2-1-7)8-5(4)10(11)12/h3H,2H2. The Morgan fingerprint density at radius 2 is 2.58 bits per heavy atom. The van der Waals surface area contributed by atoms with Crippen molar-refractivity contribution in [1.82, 2.24) is 9.78 Å². The second kappa shape index (κ2) is 3.48. The highest BCUT2D eigenvalue weighted by Crippen LogP contribution is 2.17. The van der Waals surface area contributed by atoms with Crippen molar-refractivity contribution < 1.29 is 4.92 Å². The molecule has 1 aromatic rings. The predicted octanol–water partition coefficient (Wildman–Crippen LogP) is 0.919. The number of hydrogen-bond donors (Lipinski definition) is 0. The van der Waals surface area contributed by atoms with Gasteiger partial charge in [0.25, 0.3) is 0 Å². The number of nitriles is 1. The zero-order chi connectivity index (χ0) is 9.14. The van der Waals surface area contributed by atoms with E-state index in [1.165, 1.54) is 10.9 Å². The Morgan fingerprint density at radius 1 is 1.92 bits per heavy atom. The van der Waals surface area contributed by atoms with Gasteiger partial charge in [0.05, 0.1) is 17.4 Å². The summed E-state index contributed by atoms with van der Waals surface area (Å²) in [5.41, 5.74) is 0. The van der Waals surface area contributed by atoms with Gasteiger partial charge in [-0.2, -0.15) is 9.94 Å². The average molecular weight is 278 g/mol. The third-order valence-corrected chi connectivity index (χ3v) is 1.87. The van der Waals surface area contributed by atoms with Crippen molar-refractivity contribution >= 4 is 28.4 Å². The molecule has 0 radical (unpaired) electrons. The van der Waals surface area contributed by atoms with Crippen LogP contribution < -0.4 is 0 Å². The summed E-state index contributed by atoms with van der Waals surface area (Å²) in [7, 11) is 0. The van der Waals surface area contributed by atoms with Crippen molar-refractivity contribution in [2.24, 2.45) is 0 Å². The fraction of sp³-hybridized carbons (Fsp3) is 0.200. The first-order valence-corrected chi connectivity index (χ1v) is 3.97. The molecule has 0 saturated heterocycles. The van der Waals surface area contributed by atoms with Gasteiger partial charge in [-0.25, -0.2) is 0 Å². The molecule has 0 aliphatic heterocycles. The zero-order valence-electron chi connectivity index (χ0n) is 5.77. The SMILES string of the molecule is N#CCn1cc(I)c([N+](=O)[O-])n1. The monoisotopic (exact) mass is 278 g/mol. The van der Waals surface area contributed by atoms with Crippen molar-refractivity contribution in [3.05, 3.63) is 19.9 Å². The van der Waals surface area contributed by atoms with E-state index < -0.39 is 4.92 Å². The molecule has 7 heteroatoms. The van der Waals surface area contributed by atoms with Gasteiger partial charge in [0.2, 0.25) is 0 Å². The van der Waals surface area contributed by atoms with Gasteiger partial charge in [0, 0.05) is 0 Å². The lowest BCUT2D eigenvalue weighted by Gasteiger charge is -1.84. The Kier molecular flexibility index (Phi) is 2.59. The minimum Gasteiger partial charge on any atom is -0.358 e. The first-order valence-electron chi connectivity index (χ1n) is 2.89. The maximum atomic E-state index is 10.3. The summed E-state index contributed by atoms with van der Waals surface area (Å²) in [6.45, 7) is 0.0316. The van der Waals surface area contributed by atoms with Crippen molar-refractivity contribution in [3.63, 3.8) is 0 Å². The second-order valence-electron chi connectivity index (χ2n) is 1.91. The fourth-order valence-corrected chi connectivity index (χ4v) is 1.29. The normalized spacial score (nSPS) is 9.33. The molecule has 0 fully saturated rings. The Labute approximate surface area is 81.1 Å². The van der Waals surface area contributed by atoms with Crippen LogP contribution in [0.2, 0.25) is 0 Å². The molecule has 1 heterocycles. The maximum absolute atomic E-state index is 10.3. The summed E-state index contributed by atoms with van der Waals surface area (Å²) in [5, 5.41) is 22.1. The molecule has 1 aromatic heterocycles. The topological polar surface area (TPSA) is 84.8 Å². The van der Waals surface area contributed by atoms with Crippen LogP contribution in [0.15, 0.2) is 6.20 Å². The molecule has 0 saturated carbocycles. The van der Waals surface area contributed by atoms with Gasteiger partial charge >= 0.3 is 5.82 Å². The van der Waals surface area contributed by atoms with E-state index in [9.17, 15) is 10.1 Å². The van der Waals surface area contributed by atoms with Gasteiger partial charge in [-0.3, -0.25) is 0 Å². The van der Waals surface area contributed by atoms with E-state index in [4.69, 9.17) is 5.26 Å². The van der Waals surface area contributed by atoms with E-state index >= 15 is 0 Å². The van der Waals surface area contributed by atoms with Crippen molar-refractivity contribution in [2.45, 2.75) is 6.54 Å². The summed E-state index contributed by atoms with van der Waals surface area (Å²) in [6, 6.07) is 1.84.